The van der Waals surface area contributed by atoms with Gasteiger partial charge >= 0.3 is 45.8 Å². The van der Waals surface area contributed by atoms with Gasteiger partial charge in [0, 0.05) is 0 Å². The topological polar surface area (TPSA) is 72.8 Å². The molecule has 0 saturated carbocycles. The minimum atomic E-state index is -7.32. The van der Waals surface area contributed by atoms with Crippen molar-refractivity contribution >= 4 is 10.1 Å². The Hall–Kier alpha value is -1.57. The summed E-state index contributed by atoms with van der Waals surface area (Å²) in [5.74, 6) is -9.54. The summed E-state index contributed by atoms with van der Waals surface area (Å²) in [5.41, 5.74) is 0. The smallest absolute Gasteiger partial charge is 0.422 e. The van der Waals surface area contributed by atoms with Crippen molar-refractivity contribution < 1.29 is 83.9 Å². The van der Waals surface area contributed by atoms with Crippen LogP contribution in [-0.2, 0) is 19.6 Å². The van der Waals surface area contributed by atoms with E-state index in [4.69, 9.17) is 4.55 Å². The molecule has 0 spiro atoms. The van der Waals surface area contributed by atoms with E-state index in [-0.39, 0.29) is 0 Å². The minimum Gasteiger partial charge on any atom is -0.422 e. The van der Waals surface area contributed by atoms with Gasteiger partial charge in [-0.3, -0.25) is 9.29 Å². The van der Waals surface area contributed by atoms with Crippen LogP contribution in [-0.4, -0.2) is 55.3 Å². The Morgan fingerprint density at radius 2 is 1.31 bits per heavy atom. The molecule has 0 aromatic carbocycles. The second-order valence-electron chi connectivity index (χ2n) is 4.64. The maximum atomic E-state index is 13.4. The first-order valence-electron chi connectivity index (χ1n) is 5.97. The zero-order valence-electron chi connectivity index (χ0n) is 12.6. The predicted molar refractivity (Wildman–Crippen MR) is 58.6 cm³/mol. The molecule has 1 N–H and O–H groups in total. The molecule has 0 aromatic heterocycles. The third-order valence-corrected chi connectivity index (χ3v) is 3.33. The summed E-state index contributed by atoms with van der Waals surface area (Å²) < 4.78 is 210. The highest BCUT2D eigenvalue weighted by atomic mass is 32.2. The van der Waals surface area contributed by atoms with Gasteiger partial charge in [-0.25, -0.2) is 4.39 Å². The Labute approximate surface area is 149 Å². The van der Waals surface area contributed by atoms with E-state index in [0.717, 1.165) is 0 Å². The summed E-state index contributed by atoms with van der Waals surface area (Å²) in [5, 5.41) is -7.02. The molecule has 0 heterocycles. The van der Waals surface area contributed by atoms with Crippen molar-refractivity contribution in [3.63, 3.8) is 0 Å². The molecule has 0 bridgehead atoms. The average molecular weight is 490 g/mol. The largest absolute Gasteiger partial charge is 0.459 e. The van der Waals surface area contributed by atoms with Crippen LogP contribution in [0.15, 0.2) is 11.8 Å². The van der Waals surface area contributed by atoms with Gasteiger partial charge in [0.25, 0.3) is 6.10 Å². The molecule has 1 unspecified atom stereocenters. The van der Waals surface area contributed by atoms with Gasteiger partial charge < -0.3 is 4.74 Å². The van der Waals surface area contributed by atoms with E-state index in [1.807, 2.05) is 4.74 Å². The minimum absolute atomic E-state index is 1.96. The highest BCUT2D eigenvalue weighted by Gasteiger charge is 2.73. The van der Waals surface area contributed by atoms with Gasteiger partial charge in [-0.15, -0.1) is 0 Å². The van der Waals surface area contributed by atoms with E-state index < -0.39 is 64.3 Å². The summed E-state index contributed by atoms with van der Waals surface area (Å²) in [6.07, 6.45) is -30.8. The normalized spacial score (nSPS) is 15.8. The van der Waals surface area contributed by atoms with Crippen LogP contribution in [0, 0.1) is 0 Å². The summed E-state index contributed by atoms with van der Waals surface area (Å²) >= 11 is 0. The quantitative estimate of drug-likeness (QED) is 0.296. The summed E-state index contributed by atoms with van der Waals surface area (Å²) in [4.78, 5) is 0. The van der Waals surface area contributed by atoms with Gasteiger partial charge in [-0.2, -0.15) is 65.5 Å². The van der Waals surface area contributed by atoms with Crippen LogP contribution in [0.2, 0.25) is 0 Å². The number of hydrogen-bond donors (Lipinski definition) is 1. The van der Waals surface area contributed by atoms with Crippen molar-refractivity contribution in [3.05, 3.63) is 11.8 Å². The van der Waals surface area contributed by atoms with Gasteiger partial charge in [0.05, 0.1) is 0 Å². The van der Waals surface area contributed by atoms with E-state index in [1.165, 1.54) is 0 Å². The van der Waals surface area contributed by atoms with Crippen LogP contribution in [0.25, 0.3) is 0 Å². The maximum absolute atomic E-state index is 13.4. The molecule has 5 nitrogen and oxygen atoms in total. The highest BCUT2D eigenvalue weighted by Crippen LogP contribution is 2.47. The lowest BCUT2D eigenvalue weighted by Gasteiger charge is -2.33. The Bertz CT molecular complexity index is 722. The van der Waals surface area contributed by atoms with Crippen LogP contribution in [0.1, 0.15) is 0 Å². The molecular weight excluding hydrogens is 486 g/mol. The zero-order chi connectivity index (χ0) is 23.9. The predicted octanol–water partition coefficient (Wildman–Crippen LogP) is 4.33. The molecular formula is C9H4F14O5S. The van der Waals surface area contributed by atoms with Crippen molar-refractivity contribution in [3.8, 4) is 0 Å². The van der Waals surface area contributed by atoms with E-state index in [0.29, 0.717) is 0 Å². The molecule has 29 heavy (non-hydrogen) atoms. The van der Waals surface area contributed by atoms with Gasteiger partial charge in [-0.05, 0) is 0 Å². The van der Waals surface area contributed by atoms with Gasteiger partial charge in [0.2, 0.25) is 5.76 Å². The lowest BCUT2D eigenvalue weighted by molar-refractivity contribution is -0.430. The van der Waals surface area contributed by atoms with E-state index in [9.17, 15) is 69.9 Å². The van der Waals surface area contributed by atoms with E-state index >= 15 is 0 Å². The lowest BCUT2D eigenvalue weighted by atomic mass is 10.3. The lowest BCUT2D eigenvalue weighted by Crippen LogP contribution is -2.57. The van der Waals surface area contributed by atoms with Crippen LogP contribution < -0.4 is 0 Å². The number of ether oxygens (including phenoxy) is 2. The number of halogens is 14. The molecule has 0 amide bonds. The molecule has 0 rings (SSSR count). The Morgan fingerprint density at radius 3 is 1.59 bits per heavy atom. The molecule has 20 heteroatoms. The summed E-state index contributed by atoms with van der Waals surface area (Å²) in [7, 11) is -7.32. The average Bonchev–Trinajstić information content (AvgIpc) is 2.47. The molecule has 0 fully saturated rings. The standard InChI is InChI=1S/C9H4F14O5S/c10-1-5(13,14)2(3(11)12)27-7(18,19)4(6(15,16)17)28-8(20,21)9(22,23)29(24,25)26/h4H,1H2,(H,24,25,26). The fourth-order valence-electron chi connectivity index (χ4n) is 1.19. The first-order valence-corrected chi connectivity index (χ1v) is 7.41. The Kier molecular flexibility index (Phi) is 7.50. The number of rotatable bonds is 9. The number of hydrogen-bond acceptors (Lipinski definition) is 4. The van der Waals surface area contributed by atoms with Crippen LogP contribution >= 0.6 is 0 Å². The first-order chi connectivity index (χ1) is 12.4. The molecule has 0 saturated heterocycles. The summed E-state index contributed by atoms with van der Waals surface area (Å²) in [6.45, 7) is -3.27. The third kappa shape index (κ3) is 5.96. The molecule has 174 valence electrons. The maximum Gasteiger partial charge on any atom is 0.459 e. The van der Waals surface area contributed by atoms with Crippen molar-refractivity contribution in [1.29, 1.82) is 0 Å². The number of allylic oxidation sites excluding steroid dienone is 1. The molecule has 0 aromatic rings. The van der Waals surface area contributed by atoms with Crippen molar-refractivity contribution in [2.75, 3.05) is 6.67 Å². The van der Waals surface area contributed by atoms with Crippen molar-refractivity contribution in [2.24, 2.45) is 0 Å². The number of alkyl halides is 12. The van der Waals surface area contributed by atoms with E-state index in [1.54, 1.807) is 0 Å². The fourth-order valence-corrected chi connectivity index (χ4v) is 1.54. The van der Waals surface area contributed by atoms with Crippen molar-refractivity contribution in [2.45, 2.75) is 35.7 Å². The zero-order valence-corrected chi connectivity index (χ0v) is 13.4. The second kappa shape index (κ2) is 7.93. The molecule has 0 aliphatic carbocycles. The highest BCUT2D eigenvalue weighted by molar-refractivity contribution is 7.86. The monoisotopic (exact) mass is 490 g/mol. The van der Waals surface area contributed by atoms with Gasteiger partial charge in [0.15, 0.2) is 6.67 Å². The van der Waals surface area contributed by atoms with Crippen LogP contribution in [0.3, 0.4) is 0 Å². The van der Waals surface area contributed by atoms with Gasteiger partial charge in [0.1, 0.15) is 0 Å². The second-order valence-corrected chi connectivity index (χ2v) is 6.10. The SMILES string of the molecule is O=S(=O)(O)C(F)(F)C(F)(F)OC(C(F)(F)F)C(F)(F)OC(=C(F)F)C(F)(F)CF. The van der Waals surface area contributed by atoms with Crippen molar-refractivity contribution in [1.82, 2.24) is 0 Å². The third-order valence-electron chi connectivity index (χ3n) is 2.44. The Morgan fingerprint density at radius 1 is 0.897 bits per heavy atom. The van der Waals surface area contributed by atoms with E-state index in [2.05, 4.69) is 4.74 Å². The first kappa shape index (κ1) is 27.4. The van der Waals surface area contributed by atoms with Crippen LogP contribution in [0.5, 0.6) is 0 Å². The molecule has 0 aliphatic heterocycles. The Balaban J connectivity index is 6.31. The molecule has 1 atom stereocenters. The van der Waals surface area contributed by atoms with Gasteiger partial charge in [-0.1, -0.05) is 0 Å². The molecule has 0 aliphatic rings. The summed E-state index contributed by atoms with van der Waals surface area (Å²) in [6, 6.07) is 0. The molecule has 0 radical (unpaired) electrons. The fraction of sp³-hybridized carbons (Fsp3) is 0.778. The van der Waals surface area contributed by atoms with Crippen LogP contribution in [0.4, 0.5) is 61.5 Å².